The van der Waals surface area contributed by atoms with E-state index in [1.54, 1.807) is 36.7 Å². The maximum Gasteiger partial charge on any atom is 0.276 e. The van der Waals surface area contributed by atoms with Gasteiger partial charge < -0.3 is 13.9 Å². The van der Waals surface area contributed by atoms with E-state index in [0.717, 1.165) is 12.1 Å². The van der Waals surface area contributed by atoms with Crippen LogP contribution in [-0.4, -0.2) is 22.7 Å². The minimum absolute atomic E-state index is 0.194. The van der Waals surface area contributed by atoms with Crippen LogP contribution < -0.4 is 10.3 Å². The molecule has 2 aromatic heterocycles. The van der Waals surface area contributed by atoms with E-state index in [-0.39, 0.29) is 17.1 Å². The fourth-order valence-corrected chi connectivity index (χ4v) is 4.17. The fourth-order valence-electron chi connectivity index (χ4n) is 3.53. The number of hydrogen-bond acceptors (Lipinski definition) is 5. The molecule has 2 unspecified atom stereocenters. The number of benzene rings is 2. The van der Waals surface area contributed by atoms with Crippen LogP contribution in [0.25, 0.3) is 16.8 Å². The summed E-state index contributed by atoms with van der Waals surface area (Å²) >= 11 is -2.36. The van der Waals surface area contributed by atoms with Crippen LogP contribution in [0.2, 0.25) is 0 Å². The summed E-state index contributed by atoms with van der Waals surface area (Å²) < 4.78 is 59.7. The Hall–Kier alpha value is -3.37. The van der Waals surface area contributed by atoms with Gasteiger partial charge in [-0.05, 0) is 47.3 Å². The van der Waals surface area contributed by atoms with E-state index < -0.39 is 28.0 Å². The summed E-state index contributed by atoms with van der Waals surface area (Å²) in [5, 5.41) is -0.767. The molecule has 7 nitrogen and oxygen atoms in total. The van der Waals surface area contributed by atoms with E-state index in [9.17, 15) is 22.3 Å². The smallest absolute Gasteiger partial charge is 0.276 e. The van der Waals surface area contributed by atoms with Crippen LogP contribution in [0.15, 0.2) is 59.9 Å². The predicted molar refractivity (Wildman–Crippen MR) is 114 cm³/mol. The van der Waals surface area contributed by atoms with Crippen LogP contribution in [0, 0.1) is 11.6 Å². The van der Waals surface area contributed by atoms with Gasteiger partial charge in [-0.3, -0.25) is 13.4 Å². The summed E-state index contributed by atoms with van der Waals surface area (Å²) in [5.74, 6) is -1.64. The van der Waals surface area contributed by atoms with Gasteiger partial charge >= 0.3 is 0 Å². The molecule has 0 aliphatic rings. The Bertz CT molecular complexity index is 1400. The lowest BCUT2D eigenvalue weighted by atomic mass is 10.0. The normalized spacial score (nSPS) is 13.3. The summed E-state index contributed by atoms with van der Waals surface area (Å²) in [4.78, 5) is 16.5. The van der Waals surface area contributed by atoms with Crippen molar-refractivity contribution < 1.29 is 22.3 Å². The summed E-state index contributed by atoms with van der Waals surface area (Å²) in [7, 11) is 1.57. The van der Waals surface area contributed by atoms with E-state index in [2.05, 4.69) is 4.98 Å². The highest BCUT2D eigenvalue weighted by Gasteiger charge is 2.19. The van der Waals surface area contributed by atoms with Crippen LogP contribution in [0.1, 0.15) is 24.2 Å². The van der Waals surface area contributed by atoms with Crippen LogP contribution in [-0.2, 0) is 18.1 Å². The number of rotatable bonds is 6. The van der Waals surface area contributed by atoms with Gasteiger partial charge in [0.1, 0.15) is 17.1 Å². The first-order chi connectivity index (χ1) is 15.3. The van der Waals surface area contributed by atoms with Gasteiger partial charge in [0, 0.05) is 30.1 Å². The lowest BCUT2D eigenvalue weighted by Crippen LogP contribution is -2.19. The van der Waals surface area contributed by atoms with Gasteiger partial charge in [0.25, 0.3) is 5.56 Å². The average Bonchev–Trinajstić information content (AvgIpc) is 3.24. The molecule has 2 aromatic carbocycles. The molecule has 0 spiro atoms. The molecule has 2 heterocycles. The lowest BCUT2D eigenvalue weighted by Gasteiger charge is -2.21. The van der Waals surface area contributed by atoms with E-state index in [4.69, 9.17) is 4.74 Å². The number of fused-ring (bicyclic) bond motifs is 1. The zero-order valence-corrected chi connectivity index (χ0v) is 17.9. The van der Waals surface area contributed by atoms with E-state index in [0.29, 0.717) is 34.8 Å². The Morgan fingerprint density at radius 2 is 1.94 bits per heavy atom. The Morgan fingerprint density at radius 1 is 1.19 bits per heavy atom. The van der Waals surface area contributed by atoms with Gasteiger partial charge in [-0.2, -0.15) is 0 Å². The van der Waals surface area contributed by atoms with Gasteiger partial charge in [-0.1, -0.05) is 13.0 Å². The van der Waals surface area contributed by atoms with Crippen LogP contribution in [0.5, 0.6) is 11.5 Å². The Balaban J connectivity index is 1.96. The molecule has 0 fully saturated rings. The maximum atomic E-state index is 14.3. The van der Waals surface area contributed by atoms with Gasteiger partial charge in [-0.25, -0.2) is 13.8 Å². The second kappa shape index (κ2) is 8.64. The molecule has 10 heteroatoms. The van der Waals surface area contributed by atoms with Gasteiger partial charge in [0.05, 0.1) is 18.2 Å². The molecule has 0 bridgehead atoms. The zero-order chi connectivity index (χ0) is 23.0. The third-order valence-electron chi connectivity index (χ3n) is 5.12. The Morgan fingerprint density at radius 3 is 2.62 bits per heavy atom. The van der Waals surface area contributed by atoms with Crippen molar-refractivity contribution in [2.45, 2.75) is 18.6 Å². The monoisotopic (exact) mass is 458 g/mol. The van der Waals surface area contributed by atoms with Crippen molar-refractivity contribution in [2.24, 2.45) is 7.05 Å². The third kappa shape index (κ3) is 3.94. The highest BCUT2D eigenvalue weighted by Crippen LogP contribution is 2.37. The van der Waals surface area contributed by atoms with Crippen molar-refractivity contribution in [1.29, 1.82) is 0 Å². The summed E-state index contributed by atoms with van der Waals surface area (Å²) in [6, 6.07) is 7.67. The SMILES string of the molecule is CCC(c1ccc(Oc2ccc(F)cc2F)c(-c2cn(C)c(=O)c3cncn23)c1)S(=O)[O-]. The van der Waals surface area contributed by atoms with Crippen molar-refractivity contribution in [2.75, 3.05) is 0 Å². The van der Waals surface area contributed by atoms with Crippen molar-refractivity contribution in [3.8, 4) is 22.8 Å². The lowest BCUT2D eigenvalue weighted by molar-refractivity contribution is 0.438. The molecule has 0 aliphatic carbocycles. The van der Waals surface area contributed by atoms with Crippen LogP contribution >= 0.6 is 0 Å². The molecular formula is C22H18F2N3O4S-. The third-order valence-corrected chi connectivity index (χ3v) is 6.19. The number of halogens is 2. The number of aromatic nitrogens is 3. The summed E-state index contributed by atoms with van der Waals surface area (Å²) in [6.07, 6.45) is 4.76. The summed E-state index contributed by atoms with van der Waals surface area (Å²) in [5.41, 5.74) is 1.42. The number of aryl methyl sites for hydroxylation is 1. The van der Waals surface area contributed by atoms with E-state index in [1.165, 1.54) is 23.2 Å². The molecule has 2 atom stereocenters. The van der Waals surface area contributed by atoms with Gasteiger partial charge in [0.15, 0.2) is 11.6 Å². The number of imidazole rings is 1. The quantitative estimate of drug-likeness (QED) is 0.406. The molecule has 0 saturated carbocycles. The highest BCUT2D eigenvalue weighted by atomic mass is 32.2. The molecule has 4 rings (SSSR count). The molecule has 4 aromatic rings. The first-order valence-corrected chi connectivity index (χ1v) is 10.8. The van der Waals surface area contributed by atoms with Crippen LogP contribution in [0.3, 0.4) is 0 Å². The molecule has 0 aliphatic heterocycles. The van der Waals surface area contributed by atoms with Crippen molar-refractivity contribution >= 4 is 16.6 Å². The van der Waals surface area contributed by atoms with Crippen LogP contribution in [0.4, 0.5) is 8.78 Å². The molecule has 0 saturated heterocycles. The maximum absolute atomic E-state index is 14.3. The second-order valence-corrected chi connectivity index (χ2v) is 8.26. The zero-order valence-electron chi connectivity index (χ0n) is 17.1. The first-order valence-electron chi connectivity index (χ1n) is 9.67. The minimum atomic E-state index is -2.36. The molecule has 32 heavy (non-hydrogen) atoms. The van der Waals surface area contributed by atoms with Gasteiger partial charge in [-0.15, -0.1) is 0 Å². The summed E-state index contributed by atoms with van der Waals surface area (Å²) in [6.45, 7) is 1.75. The molecular weight excluding hydrogens is 440 g/mol. The first kappa shape index (κ1) is 21.8. The second-order valence-electron chi connectivity index (χ2n) is 7.17. The standard InChI is InChI=1S/C22H19F2N3O4S/c1-3-21(32(29)30)13-4-6-19(31-20-7-5-14(23)9-16(20)24)15(8-13)18-11-26(2)22(28)17-10-25-12-27(17)18/h4-12,21H,3H2,1-2H3,(H,29,30)/p-1. The van der Waals surface area contributed by atoms with E-state index >= 15 is 0 Å². The van der Waals surface area contributed by atoms with Crippen molar-refractivity contribution in [3.05, 3.63) is 82.7 Å². The molecule has 166 valence electrons. The largest absolute Gasteiger partial charge is 0.772 e. The average molecular weight is 458 g/mol. The Kier molecular flexibility index (Phi) is 5.90. The number of nitrogens with zero attached hydrogens (tertiary/aromatic N) is 3. The van der Waals surface area contributed by atoms with Crippen molar-refractivity contribution in [1.82, 2.24) is 14.0 Å². The number of ether oxygens (including phenoxy) is 1. The fraction of sp³-hybridized carbons (Fsp3) is 0.182. The Labute approximate surface area is 184 Å². The molecule has 0 N–H and O–H groups in total. The predicted octanol–water partition coefficient (Wildman–Crippen LogP) is 4.10. The highest BCUT2D eigenvalue weighted by molar-refractivity contribution is 7.79. The number of hydrogen-bond donors (Lipinski definition) is 0. The van der Waals surface area contributed by atoms with E-state index in [1.807, 2.05) is 0 Å². The minimum Gasteiger partial charge on any atom is -0.772 e. The molecule has 0 radical (unpaired) electrons. The molecule has 0 amide bonds. The topological polar surface area (TPSA) is 88.7 Å². The van der Waals surface area contributed by atoms with Crippen molar-refractivity contribution in [3.63, 3.8) is 0 Å². The van der Waals surface area contributed by atoms with Gasteiger partial charge in [0.2, 0.25) is 0 Å².